The lowest BCUT2D eigenvalue weighted by Gasteiger charge is -2.30. The average Bonchev–Trinajstić information content (AvgIpc) is 3.37. The molecule has 1 heterocycles. The molecular formula is C29H28Cl2F6N2O3. The summed E-state index contributed by atoms with van der Waals surface area (Å²) in [6, 6.07) is 4.72. The maximum atomic E-state index is 13.5. The maximum absolute atomic E-state index is 13.5. The van der Waals surface area contributed by atoms with Gasteiger partial charge in [0.15, 0.2) is 0 Å². The van der Waals surface area contributed by atoms with Gasteiger partial charge in [0, 0.05) is 43.5 Å². The molecule has 1 unspecified atom stereocenters. The van der Waals surface area contributed by atoms with Crippen LogP contribution in [-0.4, -0.2) is 53.6 Å². The highest BCUT2D eigenvalue weighted by atomic mass is 35.5. The summed E-state index contributed by atoms with van der Waals surface area (Å²) in [5.74, 6) is -2.15. The molecule has 0 bridgehead atoms. The Balaban J connectivity index is 1.66. The highest BCUT2D eigenvalue weighted by Crippen LogP contribution is 2.39. The number of benzene rings is 2. The van der Waals surface area contributed by atoms with Gasteiger partial charge in [-0.3, -0.25) is 14.4 Å². The Kier molecular flexibility index (Phi) is 9.23. The molecule has 0 aromatic heterocycles. The van der Waals surface area contributed by atoms with Crippen LogP contribution in [0.1, 0.15) is 65.6 Å². The molecule has 42 heavy (non-hydrogen) atoms. The van der Waals surface area contributed by atoms with E-state index in [2.05, 4.69) is 0 Å². The first-order valence-electron chi connectivity index (χ1n) is 13.3. The lowest BCUT2D eigenvalue weighted by molar-refractivity contribution is -0.143. The van der Waals surface area contributed by atoms with E-state index >= 15 is 0 Å². The maximum Gasteiger partial charge on any atom is 0.416 e. The van der Waals surface area contributed by atoms with Gasteiger partial charge in [-0.25, -0.2) is 0 Å². The summed E-state index contributed by atoms with van der Waals surface area (Å²) in [6.07, 6.45) is -8.05. The second-order valence-electron chi connectivity index (χ2n) is 11.0. The van der Waals surface area contributed by atoms with Crippen LogP contribution in [0.3, 0.4) is 0 Å². The third kappa shape index (κ3) is 6.88. The van der Waals surface area contributed by atoms with Crippen molar-refractivity contribution in [2.75, 3.05) is 20.1 Å². The van der Waals surface area contributed by atoms with Crippen LogP contribution in [0.2, 0.25) is 10.0 Å². The fraction of sp³-hybridized carbons (Fsp3) is 0.483. The number of hydrogen-bond acceptors (Lipinski definition) is 3. The summed E-state index contributed by atoms with van der Waals surface area (Å²) in [4.78, 5) is 41.4. The normalized spacial score (nSPS) is 23.1. The summed E-state index contributed by atoms with van der Waals surface area (Å²) < 4.78 is 80.8. The molecule has 2 fully saturated rings. The fourth-order valence-corrected chi connectivity index (χ4v) is 6.17. The van der Waals surface area contributed by atoms with Crippen LogP contribution in [-0.2, 0) is 21.9 Å². The molecule has 2 aliphatic rings. The molecule has 1 saturated carbocycles. The number of rotatable bonds is 5. The van der Waals surface area contributed by atoms with E-state index in [0.29, 0.717) is 43.4 Å². The third-order valence-corrected chi connectivity index (χ3v) is 9.02. The summed E-state index contributed by atoms with van der Waals surface area (Å²) in [6.45, 7) is 1.67. The minimum Gasteiger partial charge on any atom is -0.340 e. The fourth-order valence-electron chi connectivity index (χ4n) is 5.87. The van der Waals surface area contributed by atoms with E-state index in [1.165, 1.54) is 20.0 Å². The van der Waals surface area contributed by atoms with Gasteiger partial charge in [0.2, 0.25) is 5.91 Å². The molecule has 0 spiro atoms. The van der Waals surface area contributed by atoms with Gasteiger partial charge in [-0.05, 0) is 68.5 Å². The zero-order valence-corrected chi connectivity index (χ0v) is 24.2. The predicted molar refractivity (Wildman–Crippen MR) is 144 cm³/mol. The quantitative estimate of drug-likeness (QED) is 0.320. The minimum atomic E-state index is -5.12. The van der Waals surface area contributed by atoms with Gasteiger partial charge in [0.05, 0.1) is 27.2 Å². The van der Waals surface area contributed by atoms with Gasteiger partial charge in [-0.2, -0.15) is 26.3 Å². The highest BCUT2D eigenvalue weighted by Gasteiger charge is 2.43. The monoisotopic (exact) mass is 636 g/mol. The molecule has 13 heteroatoms. The topological polar surface area (TPSA) is 57.7 Å². The first-order valence-corrected chi connectivity index (χ1v) is 14.0. The smallest absolute Gasteiger partial charge is 0.340 e. The molecule has 2 aromatic carbocycles. The molecule has 1 saturated heterocycles. The van der Waals surface area contributed by atoms with Crippen LogP contribution in [0.15, 0.2) is 36.4 Å². The zero-order chi connectivity index (χ0) is 31.1. The Morgan fingerprint density at radius 1 is 0.810 bits per heavy atom. The van der Waals surface area contributed by atoms with Crippen molar-refractivity contribution in [2.24, 2.45) is 11.8 Å². The second-order valence-corrected chi connectivity index (χ2v) is 11.8. The number of hydrogen-bond donors (Lipinski definition) is 0. The molecule has 2 amide bonds. The van der Waals surface area contributed by atoms with Crippen LogP contribution in [0.5, 0.6) is 0 Å². The Bertz CT molecular complexity index is 1340. The zero-order valence-electron chi connectivity index (χ0n) is 22.7. The van der Waals surface area contributed by atoms with E-state index in [-0.39, 0.29) is 52.7 Å². The Morgan fingerprint density at radius 3 is 1.86 bits per heavy atom. The lowest BCUT2D eigenvalue weighted by atomic mass is 9.80. The number of carbonyl (C=O) groups excluding carboxylic acids is 3. The number of alkyl halides is 6. The molecule has 2 aromatic rings. The number of amides is 2. The summed E-state index contributed by atoms with van der Waals surface area (Å²) >= 11 is 12.3. The van der Waals surface area contributed by atoms with Gasteiger partial charge in [0.1, 0.15) is 5.78 Å². The van der Waals surface area contributed by atoms with Crippen LogP contribution in [0.4, 0.5) is 26.3 Å². The Hall–Kier alpha value is -2.79. The molecule has 1 aliphatic heterocycles. The van der Waals surface area contributed by atoms with Crippen molar-refractivity contribution in [3.05, 3.63) is 68.7 Å². The molecule has 0 N–H and O–H groups in total. The number of likely N-dealkylation sites (N-methyl/N-ethyl adjacent to an activating group) is 1. The van der Waals surface area contributed by atoms with E-state index in [1.807, 2.05) is 0 Å². The minimum absolute atomic E-state index is 0.00368. The number of halogens is 8. The number of carbonyl (C=O) groups is 3. The van der Waals surface area contributed by atoms with Crippen LogP contribution in [0.25, 0.3) is 0 Å². The van der Waals surface area contributed by atoms with Crippen LogP contribution < -0.4 is 0 Å². The number of Topliss-reactive ketones (excluding diaryl/α,β-unsaturated/α-hetero) is 1. The molecular weight excluding hydrogens is 609 g/mol. The van der Waals surface area contributed by atoms with Gasteiger partial charge >= 0.3 is 12.4 Å². The molecule has 5 nitrogen and oxygen atoms in total. The predicted octanol–water partition coefficient (Wildman–Crippen LogP) is 7.49. The molecule has 0 radical (unpaired) electrons. The number of likely N-dealkylation sites (tertiary alicyclic amines) is 1. The molecule has 4 rings (SSSR count). The molecule has 2 atom stereocenters. The van der Waals surface area contributed by atoms with Crippen molar-refractivity contribution in [3.8, 4) is 0 Å². The SMILES string of the molecule is CC(=O)C1CCC(C(=O)N2CC(c3ccc(Cl)c(Cl)c3)[C@H](N(C)C(=O)c3cc(C(F)(F)F)cc(C(F)(F)F)c3)C2)CC1. The molecule has 228 valence electrons. The van der Waals surface area contributed by atoms with E-state index in [0.717, 1.165) is 4.90 Å². The van der Waals surface area contributed by atoms with Gasteiger partial charge < -0.3 is 9.80 Å². The van der Waals surface area contributed by atoms with Gasteiger partial charge in [-0.15, -0.1) is 0 Å². The van der Waals surface area contributed by atoms with E-state index < -0.39 is 46.9 Å². The largest absolute Gasteiger partial charge is 0.416 e. The lowest BCUT2D eigenvalue weighted by Crippen LogP contribution is -2.43. The first kappa shape index (κ1) is 32.1. The van der Waals surface area contributed by atoms with Crippen molar-refractivity contribution in [1.29, 1.82) is 0 Å². The second kappa shape index (κ2) is 12.1. The number of ketones is 1. The summed E-state index contributed by atoms with van der Waals surface area (Å²) in [5.41, 5.74) is -3.37. The van der Waals surface area contributed by atoms with Crippen molar-refractivity contribution < 1.29 is 40.7 Å². The standard InChI is InChI=1S/C29H28Cl2F6N2O3/c1-15(40)16-3-5-17(6-4-16)27(42)39-13-22(18-7-8-23(30)24(31)11-18)25(14-39)38(2)26(41)19-9-20(28(32,33)34)12-21(10-19)29(35,36)37/h7-12,16-17,22,25H,3-6,13-14H2,1-2H3/t16?,17?,22?,25-/m1/s1. The summed E-state index contributed by atoms with van der Waals surface area (Å²) in [7, 11) is 1.29. The van der Waals surface area contributed by atoms with Gasteiger partial charge in [0.25, 0.3) is 5.91 Å². The Labute approximate surface area is 248 Å². The summed E-state index contributed by atoms with van der Waals surface area (Å²) in [5, 5.41) is 0.472. The van der Waals surface area contributed by atoms with E-state index in [1.54, 1.807) is 17.0 Å². The Morgan fingerprint density at radius 2 is 1.36 bits per heavy atom. The average molecular weight is 637 g/mol. The highest BCUT2D eigenvalue weighted by molar-refractivity contribution is 6.42. The van der Waals surface area contributed by atoms with Crippen LogP contribution in [0, 0.1) is 11.8 Å². The van der Waals surface area contributed by atoms with Gasteiger partial charge in [-0.1, -0.05) is 29.3 Å². The first-order chi connectivity index (χ1) is 19.5. The van der Waals surface area contributed by atoms with E-state index in [4.69, 9.17) is 23.2 Å². The van der Waals surface area contributed by atoms with E-state index in [9.17, 15) is 40.7 Å². The number of nitrogens with zero attached hydrogens (tertiary/aromatic N) is 2. The van der Waals surface area contributed by atoms with Crippen molar-refractivity contribution in [2.45, 2.75) is 56.9 Å². The van der Waals surface area contributed by atoms with Crippen molar-refractivity contribution >= 4 is 40.8 Å². The van der Waals surface area contributed by atoms with Crippen LogP contribution >= 0.6 is 23.2 Å². The third-order valence-electron chi connectivity index (χ3n) is 8.28. The van der Waals surface area contributed by atoms with Crippen molar-refractivity contribution in [3.63, 3.8) is 0 Å². The van der Waals surface area contributed by atoms with Crippen molar-refractivity contribution in [1.82, 2.24) is 9.80 Å². The molecule has 1 aliphatic carbocycles.